The third-order valence-corrected chi connectivity index (χ3v) is 2.06. The van der Waals surface area contributed by atoms with Crippen LogP contribution in [0, 0.1) is 5.92 Å². The predicted molar refractivity (Wildman–Crippen MR) is 58.5 cm³/mol. The van der Waals surface area contributed by atoms with E-state index in [4.69, 9.17) is 5.73 Å². The normalized spacial score (nSPS) is 13.4. The minimum Gasteiger partial charge on any atom is -0.399 e. The van der Waals surface area contributed by atoms with E-state index in [9.17, 15) is 0 Å². The van der Waals surface area contributed by atoms with Gasteiger partial charge in [-0.15, -0.1) is 0 Å². The molecular formula is C12H17N. The van der Waals surface area contributed by atoms with Gasteiger partial charge in [-0.2, -0.15) is 0 Å². The second-order valence-corrected chi connectivity index (χ2v) is 3.45. The maximum Gasteiger partial charge on any atom is 0.0314 e. The maximum absolute atomic E-state index is 5.60. The molecule has 0 aliphatic rings. The lowest BCUT2D eigenvalue weighted by Crippen LogP contribution is -1.95. The van der Waals surface area contributed by atoms with Crippen LogP contribution in [0.25, 0.3) is 0 Å². The highest BCUT2D eigenvalue weighted by atomic mass is 14.5. The van der Waals surface area contributed by atoms with E-state index < -0.39 is 0 Å². The molecular weight excluding hydrogens is 158 g/mol. The van der Waals surface area contributed by atoms with Crippen molar-refractivity contribution in [1.82, 2.24) is 0 Å². The first kappa shape index (κ1) is 9.85. The summed E-state index contributed by atoms with van der Waals surface area (Å²) in [5.74, 6) is 0.605. The number of hydrogen-bond donors (Lipinski definition) is 1. The number of allylic oxidation sites excluding steroid dienone is 2. The SMILES string of the molecule is C/C=C\C(C)Cc1ccc(N)cc1. The van der Waals surface area contributed by atoms with Crippen molar-refractivity contribution in [3.63, 3.8) is 0 Å². The van der Waals surface area contributed by atoms with E-state index in [1.807, 2.05) is 12.1 Å². The molecule has 0 bridgehead atoms. The molecule has 0 heterocycles. The smallest absolute Gasteiger partial charge is 0.0314 e. The van der Waals surface area contributed by atoms with Crippen LogP contribution in [-0.4, -0.2) is 0 Å². The summed E-state index contributed by atoms with van der Waals surface area (Å²) in [6.45, 7) is 4.27. The zero-order valence-corrected chi connectivity index (χ0v) is 8.33. The van der Waals surface area contributed by atoms with Gasteiger partial charge in [0.25, 0.3) is 0 Å². The van der Waals surface area contributed by atoms with Crippen LogP contribution in [0.4, 0.5) is 5.69 Å². The molecule has 1 atom stereocenters. The molecule has 0 amide bonds. The van der Waals surface area contributed by atoms with Crippen molar-refractivity contribution in [1.29, 1.82) is 0 Å². The number of anilines is 1. The highest BCUT2D eigenvalue weighted by Crippen LogP contribution is 2.11. The second-order valence-electron chi connectivity index (χ2n) is 3.45. The number of benzene rings is 1. The van der Waals surface area contributed by atoms with Crippen LogP contribution in [0.3, 0.4) is 0 Å². The van der Waals surface area contributed by atoms with Crippen LogP contribution in [0.1, 0.15) is 19.4 Å². The van der Waals surface area contributed by atoms with E-state index in [1.165, 1.54) is 5.56 Å². The third kappa shape index (κ3) is 3.32. The van der Waals surface area contributed by atoms with Crippen LogP contribution in [0.5, 0.6) is 0 Å². The molecule has 70 valence electrons. The molecule has 1 aromatic carbocycles. The van der Waals surface area contributed by atoms with Crippen LogP contribution >= 0.6 is 0 Å². The first-order valence-corrected chi connectivity index (χ1v) is 4.69. The van der Waals surface area contributed by atoms with Crippen LogP contribution in [0.2, 0.25) is 0 Å². The fourth-order valence-electron chi connectivity index (χ4n) is 1.42. The summed E-state index contributed by atoms with van der Waals surface area (Å²) in [6, 6.07) is 8.10. The first-order valence-electron chi connectivity index (χ1n) is 4.69. The van der Waals surface area contributed by atoms with Gasteiger partial charge < -0.3 is 5.73 Å². The van der Waals surface area contributed by atoms with E-state index in [0.717, 1.165) is 12.1 Å². The highest BCUT2D eigenvalue weighted by molar-refractivity contribution is 5.39. The quantitative estimate of drug-likeness (QED) is 0.554. The number of rotatable bonds is 3. The Bertz CT molecular complexity index is 272. The second kappa shape index (κ2) is 4.70. The molecule has 0 spiro atoms. The summed E-state index contributed by atoms with van der Waals surface area (Å²) in [7, 11) is 0. The van der Waals surface area contributed by atoms with E-state index in [-0.39, 0.29) is 0 Å². The van der Waals surface area contributed by atoms with Crippen molar-refractivity contribution in [3.05, 3.63) is 42.0 Å². The molecule has 0 aliphatic carbocycles. The average molecular weight is 175 g/mol. The van der Waals surface area contributed by atoms with E-state index >= 15 is 0 Å². The van der Waals surface area contributed by atoms with E-state index in [1.54, 1.807) is 0 Å². The highest BCUT2D eigenvalue weighted by Gasteiger charge is 1.98. The fourth-order valence-corrected chi connectivity index (χ4v) is 1.42. The summed E-state index contributed by atoms with van der Waals surface area (Å²) in [6.07, 6.45) is 5.41. The lowest BCUT2D eigenvalue weighted by Gasteiger charge is -2.05. The Hall–Kier alpha value is -1.24. The minimum absolute atomic E-state index is 0.605. The lowest BCUT2D eigenvalue weighted by molar-refractivity contribution is 0.723. The maximum atomic E-state index is 5.60. The zero-order valence-electron chi connectivity index (χ0n) is 8.33. The van der Waals surface area contributed by atoms with Gasteiger partial charge in [-0.05, 0) is 37.0 Å². The molecule has 13 heavy (non-hydrogen) atoms. The number of nitrogens with two attached hydrogens (primary N) is 1. The molecule has 1 unspecified atom stereocenters. The Morgan fingerprint density at radius 3 is 2.46 bits per heavy atom. The van der Waals surface area contributed by atoms with Crippen molar-refractivity contribution in [3.8, 4) is 0 Å². The van der Waals surface area contributed by atoms with E-state index in [2.05, 4.69) is 38.1 Å². The fraction of sp³-hybridized carbons (Fsp3) is 0.333. The van der Waals surface area contributed by atoms with Crippen molar-refractivity contribution in [2.75, 3.05) is 5.73 Å². The Morgan fingerprint density at radius 2 is 1.92 bits per heavy atom. The Balaban J connectivity index is 2.59. The van der Waals surface area contributed by atoms with Gasteiger partial charge in [0.2, 0.25) is 0 Å². The summed E-state index contributed by atoms with van der Waals surface area (Å²) in [5, 5.41) is 0. The predicted octanol–water partition coefficient (Wildman–Crippen LogP) is 3.02. The first-order chi connectivity index (χ1) is 6.22. The summed E-state index contributed by atoms with van der Waals surface area (Å²) >= 11 is 0. The van der Waals surface area contributed by atoms with Gasteiger partial charge in [-0.1, -0.05) is 31.2 Å². The molecule has 0 fully saturated rings. The third-order valence-electron chi connectivity index (χ3n) is 2.06. The molecule has 0 aliphatic heterocycles. The number of nitrogen functional groups attached to an aromatic ring is 1. The Morgan fingerprint density at radius 1 is 1.31 bits per heavy atom. The van der Waals surface area contributed by atoms with Crippen LogP contribution in [-0.2, 0) is 6.42 Å². The van der Waals surface area contributed by atoms with Crippen molar-refractivity contribution < 1.29 is 0 Å². The molecule has 1 rings (SSSR count). The lowest BCUT2D eigenvalue weighted by atomic mass is 10.0. The molecule has 2 N–H and O–H groups in total. The molecule has 1 nitrogen and oxygen atoms in total. The van der Waals surface area contributed by atoms with Gasteiger partial charge in [0, 0.05) is 5.69 Å². The molecule has 1 aromatic rings. The van der Waals surface area contributed by atoms with Gasteiger partial charge in [0.1, 0.15) is 0 Å². The number of hydrogen-bond acceptors (Lipinski definition) is 1. The van der Waals surface area contributed by atoms with Crippen molar-refractivity contribution in [2.45, 2.75) is 20.3 Å². The molecule has 0 saturated heterocycles. The monoisotopic (exact) mass is 175 g/mol. The topological polar surface area (TPSA) is 26.0 Å². The zero-order chi connectivity index (χ0) is 9.68. The Labute approximate surface area is 80.3 Å². The summed E-state index contributed by atoms with van der Waals surface area (Å²) in [4.78, 5) is 0. The average Bonchev–Trinajstić information content (AvgIpc) is 2.09. The standard InChI is InChI=1S/C12H17N/c1-3-4-10(2)9-11-5-7-12(13)8-6-11/h3-8,10H,9,13H2,1-2H3/b4-3-. The minimum atomic E-state index is 0.605. The summed E-state index contributed by atoms with van der Waals surface area (Å²) in [5.41, 5.74) is 7.78. The van der Waals surface area contributed by atoms with Crippen LogP contribution < -0.4 is 5.73 Å². The largest absolute Gasteiger partial charge is 0.399 e. The summed E-state index contributed by atoms with van der Waals surface area (Å²) < 4.78 is 0. The van der Waals surface area contributed by atoms with Gasteiger partial charge in [0.05, 0.1) is 0 Å². The Kier molecular flexibility index (Phi) is 3.56. The molecule has 0 aromatic heterocycles. The van der Waals surface area contributed by atoms with Gasteiger partial charge in [0.15, 0.2) is 0 Å². The van der Waals surface area contributed by atoms with E-state index in [0.29, 0.717) is 5.92 Å². The molecule has 1 heteroatoms. The van der Waals surface area contributed by atoms with Crippen molar-refractivity contribution in [2.24, 2.45) is 5.92 Å². The molecule has 0 radical (unpaired) electrons. The van der Waals surface area contributed by atoms with Gasteiger partial charge in [-0.25, -0.2) is 0 Å². The van der Waals surface area contributed by atoms with Crippen molar-refractivity contribution >= 4 is 5.69 Å². The van der Waals surface area contributed by atoms with Gasteiger partial charge >= 0.3 is 0 Å². The van der Waals surface area contributed by atoms with Gasteiger partial charge in [-0.3, -0.25) is 0 Å². The molecule has 0 saturated carbocycles. The van der Waals surface area contributed by atoms with Crippen LogP contribution in [0.15, 0.2) is 36.4 Å².